The number of ether oxygens (including phenoxy) is 2. The van der Waals surface area contributed by atoms with Crippen LogP contribution in [0.5, 0.6) is 0 Å². The highest BCUT2D eigenvalue weighted by Gasteiger charge is 2.41. The van der Waals surface area contributed by atoms with Crippen molar-refractivity contribution in [2.45, 2.75) is 37.7 Å². The van der Waals surface area contributed by atoms with Crippen LogP contribution >= 0.6 is 0 Å². The van der Waals surface area contributed by atoms with Gasteiger partial charge in [0, 0.05) is 0 Å². The zero-order valence-corrected chi connectivity index (χ0v) is 16.2. The number of benzene rings is 2. The van der Waals surface area contributed by atoms with Gasteiger partial charge in [0.05, 0.1) is 17.2 Å². The van der Waals surface area contributed by atoms with Crippen LogP contribution in [-0.4, -0.2) is 29.1 Å². The quantitative estimate of drug-likeness (QED) is 0.493. The molecule has 0 unspecified atom stereocenters. The van der Waals surface area contributed by atoms with E-state index in [1.165, 1.54) is 19.1 Å². The second kappa shape index (κ2) is 8.68. The fourth-order valence-electron chi connectivity index (χ4n) is 3.15. The van der Waals surface area contributed by atoms with Crippen molar-refractivity contribution in [2.24, 2.45) is 0 Å². The maximum atomic E-state index is 13.2. The van der Waals surface area contributed by atoms with E-state index in [2.05, 4.69) is 0 Å². The maximum absolute atomic E-state index is 13.2. The van der Waals surface area contributed by atoms with Crippen molar-refractivity contribution >= 4 is 5.91 Å². The molecule has 1 N–H and O–H groups in total. The van der Waals surface area contributed by atoms with Gasteiger partial charge in [0.25, 0.3) is 5.91 Å². The molecule has 32 heavy (non-hydrogen) atoms. The summed E-state index contributed by atoms with van der Waals surface area (Å²) in [4.78, 5) is 11.8. The number of amides is 1. The second-order valence-electron chi connectivity index (χ2n) is 7.03. The molecule has 0 saturated carbocycles. The summed E-state index contributed by atoms with van der Waals surface area (Å²) in [7, 11) is 0. The lowest BCUT2D eigenvalue weighted by Crippen LogP contribution is -2.48. The van der Waals surface area contributed by atoms with Crippen molar-refractivity contribution < 1.29 is 50.2 Å². The van der Waals surface area contributed by atoms with Gasteiger partial charge in [0.2, 0.25) is 0 Å². The minimum absolute atomic E-state index is 0.0111. The molecule has 1 amide bonds. The van der Waals surface area contributed by atoms with Gasteiger partial charge in [-0.2, -0.15) is 26.3 Å². The first-order valence-electron chi connectivity index (χ1n) is 9.10. The van der Waals surface area contributed by atoms with E-state index in [4.69, 9.17) is 9.47 Å². The fraction of sp³-hybridized carbons (Fsp3) is 0.350. The van der Waals surface area contributed by atoms with Crippen molar-refractivity contribution in [3.63, 3.8) is 0 Å². The number of nitrogens with zero attached hydrogens (tertiary/aromatic N) is 1. The van der Waals surface area contributed by atoms with Crippen LogP contribution in [0, 0.1) is 5.82 Å². The number of carbonyl (C=O) groups excluding carboxylic acids is 1. The average Bonchev–Trinajstić information content (AvgIpc) is 2.70. The summed E-state index contributed by atoms with van der Waals surface area (Å²) in [5.41, 5.74) is -3.32. The van der Waals surface area contributed by atoms with E-state index in [1.54, 1.807) is 0 Å². The summed E-state index contributed by atoms with van der Waals surface area (Å²) in [5.74, 6) is -1.49. The van der Waals surface area contributed by atoms with E-state index in [9.17, 15) is 40.7 Å². The number of hydrogen-bond donors (Lipinski definition) is 1. The molecule has 0 spiro atoms. The highest BCUT2D eigenvalue weighted by atomic mass is 19.4. The van der Waals surface area contributed by atoms with Gasteiger partial charge in [-0.25, -0.2) is 9.45 Å². The predicted molar refractivity (Wildman–Crippen MR) is 93.5 cm³/mol. The predicted octanol–water partition coefficient (Wildman–Crippen LogP) is 5.26. The molecule has 3 rings (SSSR count). The normalized spacial score (nSPS) is 21.0. The first kappa shape index (κ1) is 24.0. The van der Waals surface area contributed by atoms with Crippen molar-refractivity contribution in [1.82, 2.24) is 5.06 Å². The monoisotopic (exact) mass is 467 g/mol. The van der Waals surface area contributed by atoms with Gasteiger partial charge >= 0.3 is 12.4 Å². The van der Waals surface area contributed by atoms with Crippen molar-refractivity contribution in [3.05, 3.63) is 70.5 Å². The van der Waals surface area contributed by atoms with E-state index in [-0.39, 0.29) is 16.7 Å². The topological polar surface area (TPSA) is 59.0 Å². The number of hydrogen-bond acceptors (Lipinski definition) is 4. The third-order valence-corrected chi connectivity index (χ3v) is 4.78. The van der Waals surface area contributed by atoms with E-state index in [1.807, 2.05) is 0 Å². The number of halogens is 7. The Morgan fingerprint density at radius 1 is 1.03 bits per heavy atom. The van der Waals surface area contributed by atoms with E-state index in [0.29, 0.717) is 12.1 Å². The summed E-state index contributed by atoms with van der Waals surface area (Å²) < 4.78 is 103. The van der Waals surface area contributed by atoms with Gasteiger partial charge < -0.3 is 9.47 Å². The molecule has 1 fully saturated rings. The molecule has 0 radical (unpaired) electrons. The Morgan fingerprint density at radius 3 is 2.06 bits per heavy atom. The fourth-order valence-corrected chi connectivity index (χ4v) is 3.15. The van der Waals surface area contributed by atoms with Crippen molar-refractivity contribution in [3.8, 4) is 0 Å². The van der Waals surface area contributed by atoms with Crippen LogP contribution in [0.15, 0.2) is 42.5 Å². The van der Waals surface area contributed by atoms with Gasteiger partial charge in [0.15, 0.2) is 6.29 Å². The molecule has 0 aliphatic carbocycles. The molecule has 0 bridgehead atoms. The minimum atomic E-state index is -5.04. The van der Waals surface area contributed by atoms with Crippen LogP contribution in [0.1, 0.15) is 41.3 Å². The van der Waals surface area contributed by atoms with Gasteiger partial charge in [-0.15, -0.1) is 0 Å². The SMILES string of the molecule is C[C@@H](O[C@H]1OCC(=O)N(O)[C@H]1c1ccc(F)cc1)c1cc(C(F)(F)F)cc(C(F)(F)F)c1. The number of carbonyl (C=O) groups is 1. The third-order valence-electron chi connectivity index (χ3n) is 4.78. The van der Waals surface area contributed by atoms with Crippen LogP contribution in [0.3, 0.4) is 0 Å². The second-order valence-corrected chi connectivity index (χ2v) is 7.03. The highest BCUT2D eigenvalue weighted by molar-refractivity contribution is 5.77. The van der Waals surface area contributed by atoms with Crippen LogP contribution in [0.2, 0.25) is 0 Å². The molecular formula is C20H16F7NO4. The average molecular weight is 467 g/mol. The highest BCUT2D eigenvalue weighted by Crippen LogP contribution is 2.39. The van der Waals surface area contributed by atoms with Crippen LogP contribution in [0.4, 0.5) is 30.7 Å². The van der Waals surface area contributed by atoms with Crippen LogP contribution < -0.4 is 0 Å². The van der Waals surface area contributed by atoms with Crippen molar-refractivity contribution in [2.75, 3.05) is 6.61 Å². The molecule has 1 saturated heterocycles. The number of rotatable bonds is 4. The molecule has 2 aromatic carbocycles. The zero-order valence-electron chi connectivity index (χ0n) is 16.2. The Balaban J connectivity index is 1.94. The van der Waals surface area contributed by atoms with Gasteiger partial charge in [-0.3, -0.25) is 10.0 Å². The van der Waals surface area contributed by atoms with Crippen LogP contribution in [0.25, 0.3) is 0 Å². The molecular weight excluding hydrogens is 451 g/mol. The van der Waals surface area contributed by atoms with E-state index in [0.717, 1.165) is 12.1 Å². The van der Waals surface area contributed by atoms with Gasteiger partial charge in [0.1, 0.15) is 18.5 Å². The lowest BCUT2D eigenvalue weighted by molar-refractivity contribution is -0.275. The zero-order chi connectivity index (χ0) is 23.8. The molecule has 2 aromatic rings. The Labute approximate surface area is 176 Å². The summed E-state index contributed by atoms with van der Waals surface area (Å²) >= 11 is 0. The molecule has 1 aliphatic heterocycles. The van der Waals surface area contributed by atoms with Gasteiger partial charge in [-0.05, 0) is 48.4 Å². The van der Waals surface area contributed by atoms with Crippen LogP contribution in [-0.2, 0) is 26.6 Å². The van der Waals surface area contributed by atoms with E-state index < -0.39 is 65.8 Å². The summed E-state index contributed by atoms with van der Waals surface area (Å²) in [6, 6.07) is 4.18. The number of hydroxylamine groups is 2. The standard InChI is InChI=1S/C20H16F7NO4/c1-10(12-6-13(19(22,23)24)8-14(7-12)20(25,26)27)32-18-17(28(30)16(29)9-31-18)11-2-4-15(21)5-3-11/h2-8,10,17-18,30H,9H2,1H3/t10-,17+,18-/m1/s1. The third kappa shape index (κ3) is 5.19. The number of morpholine rings is 1. The largest absolute Gasteiger partial charge is 0.416 e. The summed E-state index contributed by atoms with van der Waals surface area (Å²) in [6.07, 6.45) is -12.9. The smallest absolute Gasteiger partial charge is 0.342 e. The first-order chi connectivity index (χ1) is 14.8. The summed E-state index contributed by atoms with van der Waals surface area (Å²) in [6.45, 7) is 0.542. The molecule has 3 atom stereocenters. The Kier molecular flexibility index (Phi) is 6.50. The molecule has 5 nitrogen and oxygen atoms in total. The molecule has 174 valence electrons. The van der Waals surface area contributed by atoms with Crippen molar-refractivity contribution in [1.29, 1.82) is 0 Å². The maximum Gasteiger partial charge on any atom is 0.416 e. The lowest BCUT2D eigenvalue weighted by Gasteiger charge is -2.38. The Hall–Kier alpha value is -2.70. The molecule has 12 heteroatoms. The lowest BCUT2D eigenvalue weighted by atomic mass is 10.0. The Bertz CT molecular complexity index is 943. The molecule has 1 heterocycles. The molecule has 1 aliphatic rings. The minimum Gasteiger partial charge on any atom is -0.342 e. The van der Waals surface area contributed by atoms with E-state index >= 15 is 0 Å². The number of alkyl halides is 6. The Morgan fingerprint density at radius 2 is 1.56 bits per heavy atom. The summed E-state index contributed by atoms with van der Waals surface area (Å²) in [5, 5.41) is 10.4. The molecule has 0 aromatic heterocycles. The van der Waals surface area contributed by atoms with Gasteiger partial charge in [-0.1, -0.05) is 12.1 Å². The first-order valence-corrected chi connectivity index (χ1v) is 9.10.